The second-order valence-electron chi connectivity index (χ2n) is 5.66. The number of hydrogen-bond donors (Lipinski definition) is 2. The predicted octanol–water partition coefficient (Wildman–Crippen LogP) is 3.07. The van der Waals surface area contributed by atoms with E-state index in [0.717, 1.165) is 11.1 Å². The normalized spacial score (nSPS) is 12.0. The zero-order chi connectivity index (χ0) is 17.7. The summed E-state index contributed by atoms with van der Waals surface area (Å²) in [5, 5.41) is 9.80. The van der Waals surface area contributed by atoms with Crippen molar-refractivity contribution in [3.63, 3.8) is 0 Å². The van der Waals surface area contributed by atoms with Crippen molar-refractivity contribution in [3.8, 4) is 0 Å². The Morgan fingerprint density at radius 1 is 1.25 bits per heavy atom. The Hall–Kier alpha value is -1.89. The molecule has 1 unspecified atom stereocenters. The molecule has 2 aromatic rings. The third-order valence-electron chi connectivity index (χ3n) is 3.66. The molecule has 0 aliphatic carbocycles. The van der Waals surface area contributed by atoms with Gasteiger partial charge in [0.05, 0.1) is 6.04 Å². The minimum Gasteiger partial charge on any atom is -0.346 e. The molecule has 0 spiro atoms. The molecule has 0 saturated carbocycles. The van der Waals surface area contributed by atoms with Gasteiger partial charge in [0.25, 0.3) is 0 Å². The fraction of sp³-hybridized carbons (Fsp3) is 0.294. The number of carbonyl (C=O) groups is 2. The van der Waals surface area contributed by atoms with Gasteiger partial charge in [0, 0.05) is 17.3 Å². The Kier molecular flexibility index (Phi) is 6.36. The third-order valence-corrected chi connectivity index (χ3v) is 4.60. The van der Waals surface area contributed by atoms with Gasteiger partial charge in [-0.3, -0.25) is 9.59 Å². The van der Waals surface area contributed by atoms with Crippen molar-refractivity contribution in [2.24, 2.45) is 0 Å². The van der Waals surface area contributed by atoms with Crippen LogP contribution in [0.4, 0.5) is 5.69 Å². The quantitative estimate of drug-likeness (QED) is 0.800. The van der Waals surface area contributed by atoms with Crippen molar-refractivity contribution >= 4 is 40.4 Å². The number of carbonyl (C=O) groups excluding carboxylic acids is 2. The van der Waals surface area contributed by atoms with Crippen molar-refractivity contribution in [1.82, 2.24) is 10.2 Å². The molecule has 0 saturated heterocycles. The molecule has 2 N–H and O–H groups in total. The van der Waals surface area contributed by atoms with E-state index in [1.54, 1.807) is 29.5 Å². The van der Waals surface area contributed by atoms with Gasteiger partial charge in [-0.1, -0.05) is 17.7 Å². The van der Waals surface area contributed by atoms with Crippen molar-refractivity contribution in [2.45, 2.75) is 13.0 Å². The first kappa shape index (κ1) is 18.4. The van der Waals surface area contributed by atoms with E-state index in [1.165, 1.54) is 0 Å². The van der Waals surface area contributed by atoms with E-state index in [4.69, 9.17) is 11.6 Å². The summed E-state index contributed by atoms with van der Waals surface area (Å²) >= 11 is 7.52. The van der Waals surface area contributed by atoms with Crippen LogP contribution in [-0.4, -0.2) is 37.4 Å². The van der Waals surface area contributed by atoms with Crippen LogP contribution in [0.15, 0.2) is 35.0 Å². The Labute approximate surface area is 150 Å². The second kappa shape index (κ2) is 8.28. The summed E-state index contributed by atoms with van der Waals surface area (Å²) in [5.41, 5.74) is 2.48. The van der Waals surface area contributed by atoms with Gasteiger partial charge in [0.15, 0.2) is 0 Å². The second-order valence-corrected chi connectivity index (χ2v) is 6.88. The average Bonchev–Trinajstić information content (AvgIpc) is 3.04. The van der Waals surface area contributed by atoms with Crippen LogP contribution < -0.4 is 10.6 Å². The maximum atomic E-state index is 12.1. The van der Waals surface area contributed by atoms with Gasteiger partial charge in [-0.2, -0.15) is 11.3 Å². The van der Waals surface area contributed by atoms with E-state index < -0.39 is 11.8 Å². The lowest BCUT2D eigenvalue weighted by atomic mass is 10.1. The Morgan fingerprint density at radius 2 is 2.00 bits per heavy atom. The van der Waals surface area contributed by atoms with E-state index in [0.29, 0.717) is 17.3 Å². The molecule has 1 heterocycles. The summed E-state index contributed by atoms with van der Waals surface area (Å²) < 4.78 is 0. The van der Waals surface area contributed by atoms with Crippen molar-refractivity contribution in [3.05, 3.63) is 51.2 Å². The molecule has 1 atom stereocenters. The fourth-order valence-electron chi connectivity index (χ4n) is 2.24. The van der Waals surface area contributed by atoms with Crippen molar-refractivity contribution < 1.29 is 9.59 Å². The van der Waals surface area contributed by atoms with Crippen LogP contribution in [0.3, 0.4) is 0 Å². The summed E-state index contributed by atoms with van der Waals surface area (Å²) in [6.07, 6.45) is 0. The molecule has 7 heteroatoms. The van der Waals surface area contributed by atoms with E-state index in [9.17, 15) is 9.59 Å². The number of nitrogens with zero attached hydrogens (tertiary/aromatic N) is 1. The predicted molar refractivity (Wildman–Crippen MR) is 98.6 cm³/mol. The van der Waals surface area contributed by atoms with Crippen LogP contribution >= 0.6 is 22.9 Å². The first-order valence-electron chi connectivity index (χ1n) is 7.42. The maximum absolute atomic E-state index is 12.1. The van der Waals surface area contributed by atoms with Crippen LogP contribution in [0, 0.1) is 6.92 Å². The highest BCUT2D eigenvalue weighted by Crippen LogP contribution is 2.21. The molecule has 0 aliphatic heterocycles. The zero-order valence-corrected chi connectivity index (χ0v) is 15.4. The van der Waals surface area contributed by atoms with E-state index in [2.05, 4.69) is 10.6 Å². The molecule has 2 rings (SSSR count). The number of hydrogen-bond acceptors (Lipinski definition) is 4. The molecule has 1 aromatic heterocycles. The Morgan fingerprint density at radius 3 is 2.62 bits per heavy atom. The molecule has 0 fully saturated rings. The van der Waals surface area contributed by atoms with Crippen LogP contribution in [-0.2, 0) is 9.59 Å². The number of benzene rings is 1. The maximum Gasteiger partial charge on any atom is 0.313 e. The van der Waals surface area contributed by atoms with E-state index >= 15 is 0 Å². The van der Waals surface area contributed by atoms with Crippen LogP contribution in [0.25, 0.3) is 0 Å². The SMILES string of the molecule is Cc1ccc(Cl)cc1NC(=O)C(=O)NCC(c1ccsc1)N(C)C. The van der Waals surface area contributed by atoms with Gasteiger partial charge < -0.3 is 15.5 Å². The average molecular weight is 366 g/mol. The van der Waals surface area contributed by atoms with E-state index in [-0.39, 0.29) is 6.04 Å². The summed E-state index contributed by atoms with van der Waals surface area (Å²) in [6, 6.07) is 7.16. The summed E-state index contributed by atoms with van der Waals surface area (Å²) in [4.78, 5) is 26.1. The standard InChI is InChI=1S/C17H20ClN3O2S/c1-11-4-5-13(18)8-14(11)20-17(23)16(22)19-9-15(21(2)3)12-6-7-24-10-12/h4-8,10,15H,9H2,1-3H3,(H,19,22)(H,20,23). The van der Waals surface area contributed by atoms with Crippen LogP contribution in [0.2, 0.25) is 5.02 Å². The number of rotatable bonds is 5. The van der Waals surface area contributed by atoms with Gasteiger partial charge >= 0.3 is 11.8 Å². The summed E-state index contributed by atoms with van der Waals surface area (Å²) in [6.45, 7) is 2.19. The number of aryl methyl sites for hydroxylation is 1. The van der Waals surface area contributed by atoms with Gasteiger partial charge in [-0.05, 0) is 61.1 Å². The zero-order valence-electron chi connectivity index (χ0n) is 13.8. The van der Waals surface area contributed by atoms with Crippen LogP contribution in [0.5, 0.6) is 0 Å². The smallest absolute Gasteiger partial charge is 0.313 e. The van der Waals surface area contributed by atoms with Gasteiger partial charge in [-0.15, -0.1) is 0 Å². The minimum absolute atomic E-state index is 0.0147. The number of thiophene rings is 1. The Bertz CT molecular complexity index is 717. The molecule has 1 aromatic carbocycles. The van der Waals surface area contributed by atoms with Crippen LogP contribution in [0.1, 0.15) is 17.2 Å². The lowest BCUT2D eigenvalue weighted by molar-refractivity contribution is -0.136. The van der Waals surface area contributed by atoms with Gasteiger partial charge in [-0.25, -0.2) is 0 Å². The highest BCUT2D eigenvalue weighted by atomic mass is 35.5. The van der Waals surface area contributed by atoms with E-state index in [1.807, 2.05) is 42.7 Å². The largest absolute Gasteiger partial charge is 0.346 e. The number of amides is 2. The highest BCUT2D eigenvalue weighted by Gasteiger charge is 2.19. The highest BCUT2D eigenvalue weighted by molar-refractivity contribution is 7.08. The van der Waals surface area contributed by atoms with Crippen molar-refractivity contribution in [2.75, 3.05) is 26.0 Å². The third kappa shape index (κ3) is 4.80. The molecule has 0 bridgehead atoms. The molecule has 5 nitrogen and oxygen atoms in total. The Balaban J connectivity index is 1.96. The molecular weight excluding hydrogens is 346 g/mol. The first-order valence-corrected chi connectivity index (χ1v) is 8.74. The number of likely N-dealkylation sites (N-methyl/N-ethyl adjacent to an activating group) is 1. The molecule has 0 aliphatic rings. The molecule has 128 valence electrons. The summed E-state index contributed by atoms with van der Waals surface area (Å²) in [5.74, 6) is -1.38. The lowest BCUT2D eigenvalue weighted by Crippen LogP contribution is -2.40. The number of nitrogens with one attached hydrogen (secondary N) is 2. The lowest BCUT2D eigenvalue weighted by Gasteiger charge is -2.23. The first-order chi connectivity index (χ1) is 11.4. The molecule has 24 heavy (non-hydrogen) atoms. The van der Waals surface area contributed by atoms with Gasteiger partial charge in [0.1, 0.15) is 0 Å². The number of halogens is 1. The van der Waals surface area contributed by atoms with Crippen molar-refractivity contribution in [1.29, 1.82) is 0 Å². The molecular formula is C17H20ClN3O2S. The minimum atomic E-state index is -0.705. The topological polar surface area (TPSA) is 61.4 Å². The number of anilines is 1. The molecule has 2 amide bonds. The monoisotopic (exact) mass is 365 g/mol. The fourth-order valence-corrected chi connectivity index (χ4v) is 3.12. The summed E-state index contributed by atoms with van der Waals surface area (Å²) in [7, 11) is 3.87. The van der Waals surface area contributed by atoms with Gasteiger partial charge in [0.2, 0.25) is 0 Å². The molecule has 0 radical (unpaired) electrons.